The average Bonchev–Trinajstić information content (AvgIpc) is 3.16. The van der Waals surface area contributed by atoms with Crippen LogP contribution in [0.4, 0.5) is 0 Å². The Hall–Kier alpha value is -3.32. The first-order chi connectivity index (χ1) is 16.3. The highest BCUT2D eigenvalue weighted by Crippen LogP contribution is 2.36. The molecular weight excluding hydrogens is 432 g/mol. The van der Waals surface area contributed by atoms with E-state index in [1.165, 1.54) is 5.56 Å². The van der Waals surface area contributed by atoms with Gasteiger partial charge in [-0.3, -0.25) is 9.48 Å². The monoisotopic (exact) mass is 466 g/mol. The molecule has 1 aromatic heterocycles. The molecule has 0 aliphatic carbocycles. The van der Waals surface area contributed by atoms with Gasteiger partial charge in [-0.15, -0.1) is 0 Å². The van der Waals surface area contributed by atoms with E-state index in [0.717, 1.165) is 30.4 Å². The second-order valence-electron chi connectivity index (χ2n) is 8.67. The first-order valence-corrected chi connectivity index (χ1v) is 11.5. The van der Waals surface area contributed by atoms with Crippen molar-refractivity contribution in [1.82, 2.24) is 9.78 Å². The van der Waals surface area contributed by atoms with E-state index in [-0.39, 0.29) is 12.3 Å². The molecule has 0 aliphatic rings. The number of methoxy groups -OCH3 is 2. The number of rotatable bonds is 12. The fourth-order valence-corrected chi connectivity index (χ4v) is 4.34. The van der Waals surface area contributed by atoms with Crippen molar-refractivity contribution in [1.29, 1.82) is 0 Å². The summed E-state index contributed by atoms with van der Waals surface area (Å²) in [6.07, 6.45) is 3.51. The smallest absolute Gasteiger partial charge is 0.307 e. The molecule has 1 heterocycles. The maximum atomic E-state index is 11.4. The van der Waals surface area contributed by atoms with Gasteiger partial charge in [-0.1, -0.05) is 30.3 Å². The molecule has 2 aromatic carbocycles. The van der Waals surface area contributed by atoms with Gasteiger partial charge in [-0.25, -0.2) is 0 Å². The van der Waals surface area contributed by atoms with Crippen LogP contribution in [0.25, 0.3) is 0 Å². The molecule has 0 radical (unpaired) electrons. The Bertz CT molecular complexity index is 1070. The zero-order valence-corrected chi connectivity index (χ0v) is 20.3. The topological polar surface area (TPSA) is 93.8 Å². The number of aliphatic carboxylic acids is 1. The molecule has 0 amide bonds. The van der Waals surface area contributed by atoms with Crippen LogP contribution in [0.5, 0.6) is 11.5 Å². The van der Waals surface area contributed by atoms with Crippen LogP contribution >= 0.6 is 0 Å². The largest absolute Gasteiger partial charge is 0.496 e. The molecule has 3 aromatic rings. The van der Waals surface area contributed by atoms with Crippen LogP contribution in [0.1, 0.15) is 46.9 Å². The second-order valence-corrected chi connectivity index (χ2v) is 8.67. The van der Waals surface area contributed by atoms with Crippen LogP contribution in [0.3, 0.4) is 0 Å². The molecule has 0 spiro atoms. The molecule has 0 saturated heterocycles. The molecule has 182 valence electrons. The fraction of sp³-hybridized carbons (Fsp3) is 0.407. The molecule has 0 bridgehead atoms. The number of carboxylic acids is 1. The summed E-state index contributed by atoms with van der Waals surface area (Å²) in [6, 6.07) is 14.0. The predicted molar refractivity (Wildman–Crippen MR) is 130 cm³/mol. The van der Waals surface area contributed by atoms with Gasteiger partial charge in [0.2, 0.25) is 0 Å². The van der Waals surface area contributed by atoms with Crippen molar-refractivity contribution >= 4 is 5.97 Å². The molecular formula is C27H34N2O5. The molecule has 0 aliphatic heterocycles. The lowest BCUT2D eigenvalue weighted by Crippen LogP contribution is -2.20. The SMILES string of the molecule is COc1cc([C@@H](O)[C@@H](CCCc2ccccc2)Cn2cc(CC(=O)O)c(C)n2)cc(OC)c1C. The van der Waals surface area contributed by atoms with Gasteiger partial charge in [0.05, 0.1) is 32.4 Å². The molecule has 3 rings (SSSR count). The third kappa shape index (κ3) is 6.38. The zero-order chi connectivity index (χ0) is 24.7. The Morgan fingerprint density at radius 3 is 2.32 bits per heavy atom. The van der Waals surface area contributed by atoms with E-state index >= 15 is 0 Å². The van der Waals surface area contributed by atoms with Crippen molar-refractivity contribution in [2.45, 2.75) is 52.2 Å². The molecule has 7 heteroatoms. The number of nitrogens with zero attached hydrogens (tertiary/aromatic N) is 2. The number of carboxylic acid groups (broad SMARTS) is 1. The Balaban J connectivity index is 1.85. The van der Waals surface area contributed by atoms with E-state index in [2.05, 4.69) is 17.2 Å². The van der Waals surface area contributed by atoms with Gasteiger partial charge < -0.3 is 19.7 Å². The van der Waals surface area contributed by atoms with Crippen molar-refractivity contribution < 1.29 is 24.5 Å². The molecule has 2 N–H and O–H groups in total. The molecule has 0 saturated carbocycles. The summed E-state index contributed by atoms with van der Waals surface area (Å²) in [5.74, 6) is 0.295. The summed E-state index contributed by atoms with van der Waals surface area (Å²) >= 11 is 0. The van der Waals surface area contributed by atoms with Crippen LogP contribution < -0.4 is 9.47 Å². The standard InChI is InChI=1S/C27H34N2O5/c1-18-24(33-3)13-22(14-25(18)34-4)27(32)21(12-8-11-20-9-6-5-7-10-20)16-29-17-23(15-26(30)31)19(2)28-29/h5-7,9-10,13-14,17,21,27,32H,8,11-12,15-16H2,1-4H3,(H,30,31)/t21-,27-/m0/s1. The maximum Gasteiger partial charge on any atom is 0.307 e. The minimum atomic E-state index is -0.888. The molecule has 0 fully saturated rings. The van der Waals surface area contributed by atoms with E-state index in [1.54, 1.807) is 25.1 Å². The lowest BCUT2D eigenvalue weighted by molar-refractivity contribution is -0.136. The van der Waals surface area contributed by atoms with Gasteiger partial charge in [-0.05, 0) is 56.4 Å². The zero-order valence-electron chi connectivity index (χ0n) is 20.3. The van der Waals surface area contributed by atoms with Crippen LogP contribution in [0.2, 0.25) is 0 Å². The van der Waals surface area contributed by atoms with Crippen molar-refractivity contribution in [3.8, 4) is 11.5 Å². The molecule has 2 atom stereocenters. The summed E-state index contributed by atoms with van der Waals surface area (Å²) in [5, 5.41) is 25.1. The van der Waals surface area contributed by atoms with Gasteiger partial charge >= 0.3 is 5.97 Å². The second kappa shape index (κ2) is 11.7. The van der Waals surface area contributed by atoms with Gasteiger partial charge in [0.1, 0.15) is 11.5 Å². The highest BCUT2D eigenvalue weighted by molar-refractivity contribution is 5.70. The van der Waals surface area contributed by atoms with E-state index in [1.807, 2.05) is 44.2 Å². The van der Waals surface area contributed by atoms with E-state index in [4.69, 9.17) is 14.6 Å². The number of hydrogen-bond donors (Lipinski definition) is 2. The predicted octanol–water partition coefficient (Wildman–Crippen LogP) is 4.52. The van der Waals surface area contributed by atoms with Gasteiger partial charge in [0.25, 0.3) is 0 Å². The Kier molecular flexibility index (Phi) is 8.71. The van der Waals surface area contributed by atoms with Gasteiger partial charge in [0.15, 0.2) is 0 Å². The van der Waals surface area contributed by atoms with Crippen LogP contribution in [-0.4, -0.2) is 40.2 Å². The lowest BCUT2D eigenvalue weighted by Gasteiger charge is -2.25. The van der Waals surface area contributed by atoms with E-state index in [0.29, 0.717) is 29.3 Å². The highest BCUT2D eigenvalue weighted by Gasteiger charge is 2.24. The Morgan fingerprint density at radius 2 is 1.74 bits per heavy atom. The summed E-state index contributed by atoms with van der Waals surface area (Å²) in [4.78, 5) is 11.2. The number of hydrogen-bond acceptors (Lipinski definition) is 5. The number of aliphatic hydroxyl groups excluding tert-OH is 1. The number of ether oxygens (including phenoxy) is 2. The maximum absolute atomic E-state index is 11.4. The Morgan fingerprint density at radius 1 is 1.09 bits per heavy atom. The molecule has 7 nitrogen and oxygen atoms in total. The summed E-state index contributed by atoms with van der Waals surface area (Å²) in [6.45, 7) is 4.20. The van der Waals surface area contributed by atoms with Crippen molar-refractivity contribution in [2.24, 2.45) is 5.92 Å². The van der Waals surface area contributed by atoms with Crippen LogP contribution in [0.15, 0.2) is 48.7 Å². The Labute approximate surface area is 201 Å². The van der Waals surface area contributed by atoms with Gasteiger partial charge in [-0.2, -0.15) is 5.10 Å². The van der Waals surface area contributed by atoms with E-state index in [9.17, 15) is 9.90 Å². The minimum Gasteiger partial charge on any atom is -0.496 e. The van der Waals surface area contributed by atoms with Crippen molar-refractivity contribution in [3.05, 3.63) is 76.6 Å². The number of aromatic nitrogens is 2. The average molecular weight is 467 g/mol. The lowest BCUT2D eigenvalue weighted by atomic mass is 9.89. The fourth-order valence-electron chi connectivity index (χ4n) is 4.34. The van der Waals surface area contributed by atoms with Crippen molar-refractivity contribution in [2.75, 3.05) is 14.2 Å². The normalized spacial score (nSPS) is 12.9. The number of aryl methyl sites for hydroxylation is 2. The van der Waals surface area contributed by atoms with Crippen LogP contribution in [-0.2, 0) is 24.2 Å². The van der Waals surface area contributed by atoms with E-state index < -0.39 is 12.1 Å². The van der Waals surface area contributed by atoms with Crippen molar-refractivity contribution in [3.63, 3.8) is 0 Å². The number of benzene rings is 2. The third-order valence-electron chi connectivity index (χ3n) is 6.26. The first kappa shape index (κ1) is 25.3. The first-order valence-electron chi connectivity index (χ1n) is 11.5. The van der Waals surface area contributed by atoms with Gasteiger partial charge in [0, 0.05) is 29.8 Å². The quantitative estimate of drug-likeness (QED) is 0.408. The third-order valence-corrected chi connectivity index (χ3v) is 6.26. The molecule has 0 unspecified atom stereocenters. The summed E-state index contributed by atoms with van der Waals surface area (Å²) in [7, 11) is 3.21. The van der Waals surface area contributed by atoms with Crippen LogP contribution in [0, 0.1) is 19.8 Å². The summed E-state index contributed by atoms with van der Waals surface area (Å²) < 4.78 is 12.8. The summed E-state index contributed by atoms with van der Waals surface area (Å²) in [5.41, 5.74) is 4.23. The number of aliphatic hydroxyl groups is 1. The minimum absolute atomic E-state index is 0.0700. The highest BCUT2D eigenvalue weighted by atomic mass is 16.5. The molecule has 34 heavy (non-hydrogen) atoms. The number of carbonyl (C=O) groups is 1.